The van der Waals surface area contributed by atoms with E-state index >= 15 is 0 Å². The number of ether oxygens (including phenoxy) is 2. The average molecular weight is 508 g/mol. The SMILES string of the molecule is CCOc1c(C(=O)O)nc(-c2ccc(NC(=O)Nc3ccc(C(=O)O)cc3)cc2)nc1N1CCOCC1. The van der Waals surface area contributed by atoms with Crippen LogP contribution in [0.4, 0.5) is 22.0 Å². The van der Waals surface area contributed by atoms with E-state index in [1.807, 2.05) is 4.90 Å². The van der Waals surface area contributed by atoms with Gasteiger partial charge in [0.15, 0.2) is 23.1 Å². The average Bonchev–Trinajstić information content (AvgIpc) is 2.90. The fraction of sp³-hybridized carbons (Fsp3) is 0.240. The number of urea groups is 1. The number of hydrogen-bond donors (Lipinski definition) is 4. The Morgan fingerprint density at radius 2 is 1.51 bits per heavy atom. The topological polar surface area (TPSA) is 163 Å². The van der Waals surface area contributed by atoms with Gasteiger partial charge < -0.3 is 35.2 Å². The molecule has 37 heavy (non-hydrogen) atoms. The highest BCUT2D eigenvalue weighted by atomic mass is 16.5. The smallest absolute Gasteiger partial charge is 0.358 e. The van der Waals surface area contributed by atoms with E-state index in [1.54, 1.807) is 31.2 Å². The van der Waals surface area contributed by atoms with Crippen LogP contribution in [-0.2, 0) is 4.74 Å². The lowest BCUT2D eigenvalue weighted by Gasteiger charge is -2.29. The Morgan fingerprint density at radius 3 is 2.05 bits per heavy atom. The molecular weight excluding hydrogens is 482 g/mol. The van der Waals surface area contributed by atoms with Crippen molar-refractivity contribution >= 4 is 35.2 Å². The summed E-state index contributed by atoms with van der Waals surface area (Å²) in [5.41, 5.74) is 1.33. The summed E-state index contributed by atoms with van der Waals surface area (Å²) in [5, 5.41) is 24.1. The second kappa shape index (κ2) is 11.4. The zero-order chi connectivity index (χ0) is 26.4. The summed E-state index contributed by atoms with van der Waals surface area (Å²) in [5.74, 6) is -1.57. The van der Waals surface area contributed by atoms with E-state index in [1.165, 1.54) is 24.3 Å². The van der Waals surface area contributed by atoms with Crippen molar-refractivity contribution < 1.29 is 34.1 Å². The van der Waals surface area contributed by atoms with E-state index in [2.05, 4.69) is 20.6 Å². The highest BCUT2D eigenvalue weighted by molar-refractivity contribution is 6.00. The van der Waals surface area contributed by atoms with Crippen molar-refractivity contribution in [3.05, 3.63) is 59.8 Å². The first-order chi connectivity index (χ1) is 17.9. The summed E-state index contributed by atoms with van der Waals surface area (Å²) in [4.78, 5) is 46.1. The van der Waals surface area contributed by atoms with Gasteiger partial charge in [-0.25, -0.2) is 24.4 Å². The van der Waals surface area contributed by atoms with Gasteiger partial charge >= 0.3 is 18.0 Å². The number of aromatic carboxylic acids is 2. The molecule has 3 aromatic rings. The number of rotatable bonds is 8. The van der Waals surface area contributed by atoms with Crippen LogP contribution in [0.15, 0.2) is 48.5 Å². The maximum Gasteiger partial charge on any atom is 0.358 e. The molecule has 0 bridgehead atoms. The molecular formula is C25H25N5O7. The molecule has 0 unspecified atom stereocenters. The van der Waals surface area contributed by atoms with Crippen LogP contribution in [0.1, 0.15) is 27.8 Å². The molecule has 2 aromatic carbocycles. The first kappa shape index (κ1) is 25.4. The minimum absolute atomic E-state index is 0.112. The number of nitrogens with one attached hydrogen (secondary N) is 2. The van der Waals surface area contributed by atoms with Crippen LogP contribution >= 0.6 is 0 Å². The summed E-state index contributed by atoms with van der Waals surface area (Å²) in [6, 6.07) is 11.8. The lowest BCUT2D eigenvalue weighted by Crippen LogP contribution is -2.37. The van der Waals surface area contributed by atoms with Gasteiger partial charge in [0.2, 0.25) is 0 Å². The lowest BCUT2D eigenvalue weighted by atomic mass is 10.1. The molecule has 4 N–H and O–H groups in total. The summed E-state index contributed by atoms with van der Waals surface area (Å²) in [7, 11) is 0. The number of carbonyl (C=O) groups is 3. The van der Waals surface area contributed by atoms with E-state index in [-0.39, 0.29) is 29.4 Å². The van der Waals surface area contributed by atoms with E-state index < -0.39 is 18.0 Å². The summed E-state index contributed by atoms with van der Waals surface area (Å²) < 4.78 is 11.0. The van der Waals surface area contributed by atoms with Gasteiger partial charge in [-0.1, -0.05) is 0 Å². The maximum absolute atomic E-state index is 12.3. The van der Waals surface area contributed by atoms with Gasteiger partial charge in [0.25, 0.3) is 0 Å². The van der Waals surface area contributed by atoms with Crippen LogP contribution in [0.25, 0.3) is 11.4 Å². The molecule has 1 aliphatic rings. The minimum Gasteiger partial charge on any atom is -0.488 e. The van der Waals surface area contributed by atoms with Gasteiger partial charge in [0.1, 0.15) is 0 Å². The van der Waals surface area contributed by atoms with Crippen molar-refractivity contribution in [3.63, 3.8) is 0 Å². The molecule has 1 saturated heterocycles. The van der Waals surface area contributed by atoms with Gasteiger partial charge in [-0.05, 0) is 55.5 Å². The van der Waals surface area contributed by atoms with Crippen LogP contribution in [0.3, 0.4) is 0 Å². The largest absolute Gasteiger partial charge is 0.488 e. The third-order valence-electron chi connectivity index (χ3n) is 5.44. The van der Waals surface area contributed by atoms with Gasteiger partial charge in [-0.2, -0.15) is 0 Å². The predicted molar refractivity (Wildman–Crippen MR) is 135 cm³/mol. The molecule has 0 atom stereocenters. The number of carbonyl (C=O) groups excluding carboxylic acids is 1. The second-order valence-corrected chi connectivity index (χ2v) is 7.93. The summed E-state index contributed by atoms with van der Waals surface area (Å²) >= 11 is 0. The van der Waals surface area contributed by atoms with Crippen LogP contribution < -0.4 is 20.3 Å². The number of anilines is 3. The third-order valence-corrected chi connectivity index (χ3v) is 5.44. The number of aromatic nitrogens is 2. The van der Waals surface area contributed by atoms with Crippen molar-refractivity contribution in [2.45, 2.75) is 6.92 Å². The van der Waals surface area contributed by atoms with Crippen molar-refractivity contribution in [2.24, 2.45) is 0 Å². The first-order valence-corrected chi connectivity index (χ1v) is 11.5. The Morgan fingerprint density at radius 1 is 0.919 bits per heavy atom. The molecule has 1 aliphatic heterocycles. The lowest BCUT2D eigenvalue weighted by molar-refractivity contribution is 0.0679. The Hall–Kier alpha value is -4.71. The number of carboxylic acid groups (broad SMARTS) is 2. The molecule has 2 amide bonds. The monoisotopic (exact) mass is 507 g/mol. The molecule has 1 aromatic heterocycles. The molecule has 12 heteroatoms. The highest BCUT2D eigenvalue weighted by Gasteiger charge is 2.26. The first-order valence-electron chi connectivity index (χ1n) is 11.5. The van der Waals surface area contributed by atoms with Crippen LogP contribution in [-0.4, -0.2) is 71.1 Å². The van der Waals surface area contributed by atoms with E-state index in [0.717, 1.165) is 0 Å². The molecule has 1 fully saturated rings. The van der Waals surface area contributed by atoms with Crippen LogP contribution in [0, 0.1) is 0 Å². The van der Waals surface area contributed by atoms with Crippen molar-refractivity contribution in [2.75, 3.05) is 48.4 Å². The molecule has 4 rings (SSSR count). The zero-order valence-corrected chi connectivity index (χ0v) is 19.9. The molecule has 0 saturated carbocycles. The standard InChI is InChI=1S/C25H25N5O7/c1-2-37-20-19(24(33)34)28-21(29-22(20)30-11-13-36-14-12-30)15-3-7-17(8-4-15)26-25(35)27-18-9-5-16(6-10-18)23(31)32/h3-10H,2,11-14H2,1H3,(H,31,32)(H,33,34)(H2,26,27,35). The minimum atomic E-state index is -1.23. The van der Waals surface area contributed by atoms with Crippen molar-refractivity contribution in [1.29, 1.82) is 0 Å². The third kappa shape index (κ3) is 6.11. The Labute approximate surface area is 211 Å². The predicted octanol–water partition coefficient (Wildman–Crippen LogP) is 3.42. The van der Waals surface area contributed by atoms with E-state index in [4.69, 9.17) is 14.6 Å². The van der Waals surface area contributed by atoms with Crippen LogP contribution in [0.5, 0.6) is 5.75 Å². The molecule has 0 spiro atoms. The summed E-state index contributed by atoms with van der Waals surface area (Å²) in [6.07, 6.45) is 0. The summed E-state index contributed by atoms with van der Waals surface area (Å²) in [6.45, 7) is 4.06. The zero-order valence-electron chi connectivity index (χ0n) is 19.9. The quantitative estimate of drug-likeness (QED) is 0.355. The number of morpholine rings is 1. The number of carboxylic acids is 2. The fourth-order valence-corrected chi connectivity index (χ4v) is 3.67. The molecule has 12 nitrogen and oxygen atoms in total. The number of benzene rings is 2. The normalized spacial score (nSPS) is 13.1. The van der Waals surface area contributed by atoms with Gasteiger partial charge in [0.05, 0.1) is 25.4 Å². The molecule has 192 valence electrons. The number of amides is 2. The number of hydrogen-bond acceptors (Lipinski definition) is 8. The van der Waals surface area contributed by atoms with Gasteiger partial charge in [0, 0.05) is 30.0 Å². The van der Waals surface area contributed by atoms with Gasteiger partial charge in [-0.15, -0.1) is 0 Å². The Balaban J connectivity index is 1.54. The van der Waals surface area contributed by atoms with Gasteiger partial charge in [-0.3, -0.25) is 0 Å². The second-order valence-electron chi connectivity index (χ2n) is 7.93. The molecule has 0 aliphatic carbocycles. The van der Waals surface area contributed by atoms with E-state index in [9.17, 15) is 19.5 Å². The van der Waals surface area contributed by atoms with Crippen molar-refractivity contribution in [1.82, 2.24) is 9.97 Å². The Kier molecular flexibility index (Phi) is 7.79. The fourth-order valence-electron chi connectivity index (χ4n) is 3.67. The highest BCUT2D eigenvalue weighted by Crippen LogP contribution is 2.33. The molecule has 0 radical (unpaired) electrons. The maximum atomic E-state index is 12.3. The van der Waals surface area contributed by atoms with E-state index in [0.29, 0.717) is 49.1 Å². The van der Waals surface area contributed by atoms with Crippen LogP contribution in [0.2, 0.25) is 0 Å². The number of nitrogens with zero attached hydrogens (tertiary/aromatic N) is 3. The Bertz CT molecular complexity index is 1290. The van der Waals surface area contributed by atoms with Crippen molar-refractivity contribution in [3.8, 4) is 17.1 Å². The molecule has 2 heterocycles.